The maximum atomic E-state index is 12.8. The SMILES string of the molecule is O=C(c1ccccc1)c1ccc(Sc2nnc(-c3cccs3)n2C[C@H]2CCCO2)c([N+](=O)[O-])c1. The summed E-state index contributed by atoms with van der Waals surface area (Å²) in [5.41, 5.74) is 0.604. The van der Waals surface area contributed by atoms with Crippen LogP contribution < -0.4 is 0 Å². The molecule has 1 fully saturated rings. The van der Waals surface area contributed by atoms with E-state index in [1.54, 1.807) is 47.7 Å². The van der Waals surface area contributed by atoms with Crippen LogP contribution in [0.25, 0.3) is 10.7 Å². The van der Waals surface area contributed by atoms with Gasteiger partial charge >= 0.3 is 0 Å². The standard InChI is InChI=1S/C24H20N4O4S2/c29-22(16-6-2-1-3-7-16)17-10-11-20(19(14-17)28(30)31)34-24-26-25-23(21-9-5-13-33-21)27(24)15-18-8-4-12-32-18/h1-3,5-7,9-11,13-14,18H,4,8,12,15H2/t18-/m1/s1. The van der Waals surface area contributed by atoms with Gasteiger partial charge in [0.1, 0.15) is 0 Å². The number of nitrogens with zero attached hydrogens (tertiary/aromatic N) is 4. The Balaban J connectivity index is 1.49. The number of benzene rings is 2. The van der Waals surface area contributed by atoms with Crippen molar-refractivity contribution in [2.75, 3.05) is 6.61 Å². The molecule has 34 heavy (non-hydrogen) atoms. The van der Waals surface area contributed by atoms with Crippen LogP contribution in [-0.2, 0) is 11.3 Å². The van der Waals surface area contributed by atoms with Gasteiger partial charge in [-0.3, -0.25) is 19.5 Å². The molecule has 2 aromatic heterocycles. The first-order valence-corrected chi connectivity index (χ1v) is 12.4. The number of hydrogen-bond donors (Lipinski definition) is 0. The summed E-state index contributed by atoms with van der Waals surface area (Å²) in [5, 5.41) is 23.1. The molecule has 2 aromatic carbocycles. The molecule has 10 heteroatoms. The normalized spacial score (nSPS) is 15.5. The summed E-state index contributed by atoms with van der Waals surface area (Å²) in [7, 11) is 0. The van der Waals surface area contributed by atoms with E-state index in [-0.39, 0.29) is 23.1 Å². The topological polar surface area (TPSA) is 100 Å². The lowest BCUT2D eigenvalue weighted by atomic mass is 10.0. The molecule has 1 atom stereocenters. The lowest BCUT2D eigenvalue weighted by Gasteiger charge is -2.14. The van der Waals surface area contributed by atoms with Gasteiger partial charge in [-0.25, -0.2) is 0 Å². The molecule has 172 valence electrons. The largest absolute Gasteiger partial charge is 0.376 e. The van der Waals surface area contributed by atoms with Crippen LogP contribution in [0.5, 0.6) is 0 Å². The fourth-order valence-corrected chi connectivity index (χ4v) is 5.49. The highest BCUT2D eigenvalue weighted by Gasteiger charge is 2.25. The summed E-state index contributed by atoms with van der Waals surface area (Å²) in [4.78, 5) is 25.6. The molecule has 5 rings (SSSR count). The van der Waals surface area contributed by atoms with Gasteiger partial charge in [0.2, 0.25) is 0 Å². The first kappa shape index (κ1) is 22.5. The summed E-state index contributed by atoms with van der Waals surface area (Å²) < 4.78 is 7.79. The average molecular weight is 493 g/mol. The Bertz CT molecular complexity index is 1320. The molecule has 0 bridgehead atoms. The molecule has 0 unspecified atom stereocenters. The van der Waals surface area contributed by atoms with Crippen molar-refractivity contribution in [3.05, 3.63) is 87.3 Å². The molecule has 8 nitrogen and oxygen atoms in total. The van der Waals surface area contributed by atoms with Crippen molar-refractivity contribution >= 4 is 34.6 Å². The lowest BCUT2D eigenvalue weighted by Crippen LogP contribution is -2.16. The monoisotopic (exact) mass is 492 g/mol. The van der Waals surface area contributed by atoms with Crippen molar-refractivity contribution in [3.63, 3.8) is 0 Å². The van der Waals surface area contributed by atoms with Gasteiger partial charge in [0.05, 0.1) is 27.3 Å². The number of ether oxygens (including phenoxy) is 1. The minimum atomic E-state index is -0.467. The first-order valence-electron chi connectivity index (χ1n) is 10.7. The smallest absolute Gasteiger partial charge is 0.284 e. The second-order valence-corrected chi connectivity index (χ2v) is 9.72. The molecule has 0 spiro atoms. The summed E-state index contributed by atoms with van der Waals surface area (Å²) in [6.45, 7) is 1.30. The van der Waals surface area contributed by atoms with Crippen molar-refractivity contribution in [1.82, 2.24) is 14.8 Å². The zero-order valence-electron chi connectivity index (χ0n) is 18.0. The second kappa shape index (κ2) is 9.88. The zero-order chi connectivity index (χ0) is 23.5. The second-order valence-electron chi connectivity index (χ2n) is 7.77. The van der Waals surface area contributed by atoms with Crippen LogP contribution in [0.3, 0.4) is 0 Å². The molecule has 1 saturated heterocycles. The highest BCUT2D eigenvalue weighted by Crippen LogP contribution is 2.37. The molecule has 1 aliphatic rings. The van der Waals surface area contributed by atoms with E-state index in [2.05, 4.69) is 10.2 Å². The third kappa shape index (κ3) is 4.65. The Morgan fingerprint density at radius 1 is 1.15 bits per heavy atom. The molecule has 0 aliphatic carbocycles. The van der Waals surface area contributed by atoms with Gasteiger partial charge in [0.15, 0.2) is 16.8 Å². The van der Waals surface area contributed by atoms with Gasteiger partial charge in [-0.15, -0.1) is 21.5 Å². The van der Waals surface area contributed by atoms with E-state index in [0.29, 0.717) is 28.0 Å². The number of carbonyl (C=O) groups excluding carboxylic acids is 1. The van der Waals surface area contributed by atoms with E-state index in [0.717, 1.165) is 24.3 Å². The molecule has 0 N–H and O–H groups in total. The Morgan fingerprint density at radius 3 is 2.71 bits per heavy atom. The molecule has 3 heterocycles. The summed E-state index contributed by atoms with van der Waals surface area (Å²) in [5.74, 6) is 0.452. The fraction of sp³-hybridized carbons (Fsp3) is 0.208. The Labute approximate surface area is 203 Å². The van der Waals surface area contributed by atoms with Gasteiger partial charge in [-0.2, -0.15) is 0 Å². The van der Waals surface area contributed by atoms with Crippen molar-refractivity contribution in [2.45, 2.75) is 35.5 Å². The number of hydrogen-bond acceptors (Lipinski definition) is 8. The predicted octanol–water partition coefficient (Wildman–Crippen LogP) is 5.48. The quantitative estimate of drug-likeness (QED) is 0.182. The third-order valence-electron chi connectivity index (χ3n) is 5.52. The van der Waals surface area contributed by atoms with E-state index in [9.17, 15) is 14.9 Å². The Kier molecular flexibility index (Phi) is 6.52. The first-order chi connectivity index (χ1) is 16.6. The Morgan fingerprint density at radius 2 is 2.00 bits per heavy atom. The lowest BCUT2D eigenvalue weighted by molar-refractivity contribution is -0.387. The summed E-state index contributed by atoms with van der Waals surface area (Å²) >= 11 is 2.73. The van der Waals surface area contributed by atoms with E-state index in [1.165, 1.54) is 17.8 Å². The Hall–Kier alpha value is -3.34. The molecular formula is C24H20N4O4S2. The summed E-state index contributed by atoms with van der Waals surface area (Å²) in [6, 6.07) is 17.2. The fourth-order valence-electron chi connectivity index (χ4n) is 3.85. The van der Waals surface area contributed by atoms with Crippen LogP contribution in [-0.4, -0.2) is 38.2 Å². The minimum Gasteiger partial charge on any atom is -0.376 e. The number of nitro groups is 1. The average Bonchev–Trinajstić information content (AvgIpc) is 3.63. The zero-order valence-corrected chi connectivity index (χ0v) is 19.6. The van der Waals surface area contributed by atoms with Crippen molar-refractivity contribution in [2.24, 2.45) is 0 Å². The number of nitro benzene ring substituents is 1. The van der Waals surface area contributed by atoms with Gasteiger partial charge in [-0.1, -0.05) is 36.4 Å². The molecule has 0 saturated carbocycles. The van der Waals surface area contributed by atoms with Crippen molar-refractivity contribution in [3.8, 4) is 10.7 Å². The molecule has 4 aromatic rings. The van der Waals surface area contributed by atoms with Crippen molar-refractivity contribution in [1.29, 1.82) is 0 Å². The van der Waals surface area contributed by atoms with Gasteiger partial charge in [-0.05, 0) is 48.2 Å². The van der Waals surface area contributed by atoms with Crippen LogP contribution in [0.2, 0.25) is 0 Å². The van der Waals surface area contributed by atoms with Crippen LogP contribution in [0.1, 0.15) is 28.8 Å². The van der Waals surface area contributed by atoms with Crippen LogP contribution >= 0.6 is 23.1 Å². The van der Waals surface area contributed by atoms with Gasteiger partial charge in [0, 0.05) is 23.8 Å². The highest BCUT2D eigenvalue weighted by molar-refractivity contribution is 7.99. The molecule has 0 radical (unpaired) electrons. The van der Waals surface area contributed by atoms with E-state index in [4.69, 9.17) is 4.74 Å². The molecular weight excluding hydrogens is 472 g/mol. The third-order valence-corrected chi connectivity index (χ3v) is 7.44. The highest BCUT2D eigenvalue weighted by atomic mass is 32.2. The van der Waals surface area contributed by atoms with Crippen LogP contribution in [0.4, 0.5) is 5.69 Å². The molecule has 0 amide bonds. The number of ketones is 1. The van der Waals surface area contributed by atoms with Gasteiger partial charge in [0.25, 0.3) is 5.69 Å². The summed E-state index contributed by atoms with van der Waals surface area (Å²) in [6.07, 6.45) is 2.00. The van der Waals surface area contributed by atoms with E-state index < -0.39 is 4.92 Å². The number of aromatic nitrogens is 3. The molecule has 1 aliphatic heterocycles. The van der Waals surface area contributed by atoms with Gasteiger partial charge < -0.3 is 4.74 Å². The van der Waals surface area contributed by atoms with Crippen LogP contribution in [0.15, 0.2) is 76.1 Å². The van der Waals surface area contributed by atoms with Crippen LogP contribution in [0, 0.1) is 10.1 Å². The maximum absolute atomic E-state index is 12.8. The van der Waals surface area contributed by atoms with E-state index >= 15 is 0 Å². The van der Waals surface area contributed by atoms with Crippen molar-refractivity contribution < 1.29 is 14.5 Å². The van der Waals surface area contributed by atoms with E-state index in [1.807, 2.05) is 28.1 Å². The number of thiophene rings is 1. The number of rotatable bonds is 8. The number of carbonyl (C=O) groups is 1. The minimum absolute atomic E-state index is 0.0508. The maximum Gasteiger partial charge on any atom is 0.284 e. The predicted molar refractivity (Wildman–Crippen MR) is 129 cm³/mol.